The van der Waals surface area contributed by atoms with Crippen molar-refractivity contribution in [3.8, 4) is 22.9 Å². The van der Waals surface area contributed by atoms with Crippen molar-refractivity contribution in [2.24, 2.45) is 0 Å². The maximum atomic E-state index is 5.47. The zero-order chi connectivity index (χ0) is 34.2. The molecule has 0 N–H and O–H groups in total. The van der Waals surface area contributed by atoms with Crippen molar-refractivity contribution in [1.29, 1.82) is 0 Å². The smallest absolute Gasteiger partial charge is 0.138 e. The monoisotopic (exact) mass is 664 g/mol. The summed E-state index contributed by atoms with van der Waals surface area (Å²) >= 11 is 0. The van der Waals surface area contributed by atoms with Gasteiger partial charge in [0.1, 0.15) is 11.6 Å². The Morgan fingerprint density at radius 1 is 0.423 bits per heavy atom. The van der Waals surface area contributed by atoms with E-state index >= 15 is 0 Å². The molecule has 244 valence electrons. The third-order valence-corrected chi connectivity index (χ3v) is 10.8. The Labute approximate surface area is 299 Å². The first kappa shape index (κ1) is 29.0. The van der Waals surface area contributed by atoms with Crippen LogP contribution in [0.15, 0.2) is 164 Å². The lowest BCUT2D eigenvalue weighted by Gasteiger charge is -2.15. The van der Waals surface area contributed by atoms with Crippen molar-refractivity contribution in [3.63, 3.8) is 0 Å². The molecule has 4 heterocycles. The van der Waals surface area contributed by atoms with Crippen molar-refractivity contribution < 1.29 is 0 Å². The number of rotatable bonds is 4. The topological polar surface area (TPSA) is 35.6 Å². The summed E-state index contributed by atoms with van der Waals surface area (Å²) < 4.78 is 4.74. The normalized spacial score (nSPS) is 13.0. The fourth-order valence-corrected chi connectivity index (χ4v) is 8.56. The standard InChI is InChI=1S/C48H32N4/c1-3-17-33-31(13-1)15-9-21-35(33)41-23-11-27-45(49-41)51-43-25-7-5-19-37(43)39-29-30-40-38-20-6-8-26-44(38)52(48(40)47(39)51)46-28-12-24-42(50-46)36-22-10-16-32-14-2-4-18-34(32)36/h1-9,11-21,23-30H,10,22H2. The summed E-state index contributed by atoms with van der Waals surface area (Å²) in [4.78, 5) is 10.9. The number of hydrogen-bond acceptors (Lipinski definition) is 2. The molecule has 0 amide bonds. The van der Waals surface area contributed by atoms with Gasteiger partial charge in [-0.05, 0) is 76.0 Å². The minimum absolute atomic E-state index is 0.883. The van der Waals surface area contributed by atoms with E-state index in [4.69, 9.17) is 9.97 Å². The van der Waals surface area contributed by atoms with Crippen LogP contribution >= 0.6 is 0 Å². The molecule has 0 spiro atoms. The summed E-state index contributed by atoms with van der Waals surface area (Å²) in [6.07, 6.45) is 4.32. The largest absolute Gasteiger partial charge is 0.292 e. The van der Waals surface area contributed by atoms with Crippen LogP contribution < -0.4 is 10.4 Å². The second-order valence-electron chi connectivity index (χ2n) is 13.7. The van der Waals surface area contributed by atoms with Crippen LogP contribution in [0.5, 0.6) is 0 Å². The minimum Gasteiger partial charge on any atom is -0.292 e. The average Bonchev–Trinajstić information content (AvgIpc) is 3.74. The number of para-hydroxylation sites is 2. The number of pyridine rings is 2. The van der Waals surface area contributed by atoms with Crippen molar-refractivity contribution in [2.75, 3.05) is 0 Å². The number of fused-ring (bicyclic) bond motifs is 9. The summed E-state index contributed by atoms with van der Waals surface area (Å²) in [5, 5.41) is 9.74. The SMILES string of the molecule is C1=c2ccccc2=C(c2cccc(-n3c4ccccc4c4ccc5c6ccccc6n(-c6cccc(-c7cccc8ccccc78)n6)c5c43)n2)CC1. The Hall–Kier alpha value is -6.78. The molecule has 0 atom stereocenters. The quantitative estimate of drug-likeness (QED) is 0.188. The number of benzene rings is 6. The predicted octanol–water partition coefficient (Wildman–Crippen LogP) is 10.3. The van der Waals surface area contributed by atoms with Gasteiger partial charge in [0.05, 0.1) is 33.5 Å². The van der Waals surface area contributed by atoms with E-state index in [1.165, 1.54) is 48.3 Å². The molecular weight excluding hydrogens is 633 g/mol. The van der Waals surface area contributed by atoms with Crippen LogP contribution in [-0.2, 0) is 0 Å². The van der Waals surface area contributed by atoms with Crippen molar-refractivity contribution in [2.45, 2.75) is 12.8 Å². The van der Waals surface area contributed by atoms with Crippen LogP contribution in [0.3, 0.4) is 0 Å². The van der Waals surface area contributed by atoms with Crippen molar-refractivity contribution in [1.82, 2.24) is 19.1 Å². The summed E-state index contributed by atoms with van der Waals surface area (Å²) in [7, 11) is 0. The highest BCUT2D eigenvalue weighted by Gasteiger charge is 2.22. The summed E-state index contributed by atoms with van der Waals surface area (Å²) in [5.41, 5.74) is 8.90. The number of aromatic nitrogens is 4. The lowest BCUT2D eigenvalue weighted by Crippen LogP contribution is -2.29. The molecule has 4 heteroatoms. The van der Waals surface area contributed by atoms with Gasteiger partial charge < -0.3 is 0 Å². The van der Waals surface area contributed by atoms with Crippen LogP contribution in [0.4, 0.5) is 0 Å². The highest BCUT2D eigenvalue weighted by atomic mass is 15.1. The fourth-order valence-electron chi connectivity index (χ4n) is 8.56. The van der Waals surface area contributed by atoms with E-state index in [0.717, 1.165) is 63.5 Å². The lowest BCUT2D eigenvalue weighted by molar-refractivity contribution is 1.02. The van der Waals surface area contributed by atoms with E-state index < -0.39 is 0 Å². The summed E-state index contributed by atoms with van der Waals surface area (Å²) in [6.45, 7) is 0. The van der Waals surface area contributed by atoms with E-state index in [2.05, 4.69) is 179 Å². The van der Waals surface area contributed by atoms with Gasteiger partial charge in [0.2, 0.25) is 0 Å². The van der Waals surface area contributed by atoms with Gasteiger partial charge >= 0.3 is 0 Å². The molecule has 0 bridgehead atoms. The van der Waals surface area contributed by atoms with Gasteiger partial charge in [-0.3, -0.25) is 9.13 Å². The average molecular weight is 665 g/mol. The van der Waals surface area contributed by atoms with Gasteiger partial charge in [-0.1, -0.05) is 133 Å². The van der Waals surface area contributed by atoms with Crippen LogP contribution in [-0.4, -0.2) is 19.1 Å². The molecule has 0 saturated heterocycles. The first-order valence-electron chi connectivity index (χ1n) is 18.0. The molecule has 4 aromatic heterocycles. The van der Waals surface area contributed by atoms with Gasteiger partial charge in [-0.25, -0.2) is 9.97 Å². The van der Waals surface area contributed by atoms with Gasteiger partial charge in [-0.15, -0.1) is 0 Å². The first-order valence-corrected chi connectivity index (χ1v) is 18.0. The van der Waals surface area contributed by atoms with E-state index in [9.17, 15) is 0 Å². The number of nitrogens with zero attached hydrogens (tertiary/aromatic N) is 4. The molecule has 6 aromatic carbocycles. The highest BCUT2D eigenvalue weighted by molar-refractivity contribution is 6.23. The van der Waals surface area contributed by atoms with Crippen LogP contribution in [0.2, 0.25) is 0 Å². The summed E-state index contributed by atoms with van der Waals surface area (Å²) in [5.74, 6) is 1.79. The molecule has 10 aromatic rings. The molecule has 4 nitrogen and oxygen atoms in total. The second kappa shape index (κ2) is 11.4. The first-order chi connectivity index (χ1) is 25.8. The molecule has 52 heavy (non-hydrogen) atoms. The molecule has 0 unspecified atom stereocenters. The zero-order valence-corrected chi connectivity index (χ0v) is 28.4. The Morgan fingerprint density at radius 3 is 1.71 bits per heavy atom. The zero-order valence-electron chi connectivity index (χ0n) is 28.4. The Balaban J connectivity index is 1.23. The summed E-state index contributed by atoms with van der Waals surface area (Å²) in [6, 6.07) is 58.6. The van der Waals surface area contributed by atoms with E-state index in [1.54, 1.807) is 0 Å². The lowest BCUT2D eigenvalue weighted by atomic mass is 9.97. The van der Waals surface area contributed by atoms with Gasteiger partial charge in [-0.2, -0.15) is 0 Å². The Morgan fingerprint density at radius 2 is 0.981 bits per heavy atom. The fraction of sp³-hybridized carbons (Fsp3) is 0.0417. The van der Waals surface area contributed by atoms with E-state index in [0.29, 0.717) is 0 Å². The van der Waals surface area contributed by atoms with Gasteiger partial charge in [0.25, 0.3) is 0 Å². The predicted molar refractivity (Wildman–Crippen MR) is 216 cm³/mol. The number of hydrogen-bond donors (Lipinski definition) is 0. The third kappa shape index (κ3) is 4.28. The van der Waals surface area contributed by atoms with Crippen molar-refractivity contribution in [3.05, 3.63) is 180 Å². The Bertz CT molecular complexity index is 3190. The molecule has 0 saturated carbocycles. The van der Waals surface area contributed by atoms with Crippen LogP contribution in [0, 0.1) is 0 Å². The van der Waals surface area contributed by atoms with Gasteiger partial charge in [0, 0.05) is 27.1 Å². The molecule has 1 aliphatic carbocycles. The molecule has 0 radical (unpaired) electrons. The van der Waals surface area contributed by atoms with E-state index in [1.807, 2.05) is 0 Å². The van der Waals surface area contributed by atoms with Crippen LogP contribution in [0.25, 0.3) is 88.9 Å². The second-order valence-corrected chi connectivity index (χ2v) is 13.7. The molecule has 0 aliphatic heterocycles. The molecule has 1 aliphatic rings. The maximum Gasteiger partial charge on any atom is 0.138 e. The third-order valence-electron chi connectivity index (χ3n) is 10.8. The Kier molecular flexibility index (Phi) is 6.34. The minimum atomic E-state index is 0.883. The maximum absolute atomic E-state index is 5.47. The van der Waals surface area contributed by atoms with Crippen LogP contribution in [0.1, 0.15) is 18.5 Å². The van der Waals surface area contributed by atoms with Gasteiger partial charge in [0.15, 0.2) is 0 Å². The highest BCUT2D eigenvalue weighted by Crippen LogP contribution is 2.41. The van der Waals surface area contributed by atoms with E-state index in [-0.39, 0.29) is 0 Å². The molecular formula is C48H32N4. The molecule has 0 fully saturated rings. The molecule has 11 rings (SSSR count). The van der Waals surface area contributed by atoms with Crippen molar-refractivity contribution >= 4 is 66.0 Å².